The number of ether oxygens (including phenoxy) is 1. The number of alkyl halides is 1. The van der Waals surface area contributed by atoms with Crippen molar-refractivity contribution in [3.63, 3.8) is 0 Å². The standard InChI is InChI=1S/C17H24ClIN2O3/c1-12(13-5-7-14(19)8-6-13)21(15(22)11-18)10-9-20-16(23)24-17(2,3)4/h5-8,12H,9-11H2,1-4H3,(H,20,23). The molecular formula is C17H24ClIN2O3. The third kappa shape index (κ3) is 7.25. The van der Waals surface area contributed by atoms with Crippen LogP contribution in [0.2, 0.25) is 0 Å². The fourth-order valence-electron chi connectivity index (χ4n) is 2.12. The Kier molecular flexibility index (Phi) is 8.29. The van der Waals surface area contributed by atoms with E-state index in [9.17, 15) is 9.59 Å². The lowest BCUT2D eigenvalue weighted by molar-refractivity contribution is -0.130. The van der Waals surface area contributed by atoms with Crippen LogP contribution in [0.3, 0.4) is 0 Å². The van der Waals surface area contributed by atoms with Crippen LogP contribution in [-0.2, 0) is 9.53 Å². The lowest BCUT2D eigenvalue weighted by Gasteiger charge is -2.29. The molecule has 2 amide bonds. The summed E-state index contributed by atoms with van der Waals surface area (Å²) in [5.74, 6) is -0.269. The summed E-state index contributed by atoms with van der Waals surface area (Å²) >= 11 is 7.96. The van der Waals surface area contributed by atoms with Gasteiger partial charge in [-0.25, -0.2) is 4.79 Å². The average molecular weight is 467 g/mol. The molecule has 1 aromatic carbocycles. The first-order valence-corrected chi connectivity index (χ1v) is 9.33. The molecule has 7 heteroatoms. The van der Waals surface area contributed by atoms with Gasteiger partial charge in [-0.2, -0.15) is 0 Å². The second-order valence-corrected chi connectivity index (χ2v) is 7.89. The third-order valence-electron chi connectivity index (χ3n) is 3.28. The second-order valence-electron chi connectivity index (χ2n) is 6.38. The van der Waals surface area contributed by atoms with E-state index < -0.39 is 11.7 Å². The predicted octanol–water partition coefficient (Wildman–Crippen LogP) is 3.94. The monoisotopic (exact) mass is 466 g/mol. The Morgan fingerprint density at radius 3 is 2.38 bits per heavy atom. The van der Waals surface area contributed by atoms with Gasteiger partial charge >= 0.3 is 6.09 Å². The topological polar surface area (TPSA) is 58.6 Å². The van der Waals surface area contributed by atoms with Gasteiger partial charge in [-0.1, -0.05) is 12.1 Å². The molecule has 0 saturated carbocycles. The number of hydrogen-bond acceptors (Lipinski definition) is 3. The van der Waals surface area contributed by atoms with Crippen LogP contribution in [0.25, 0.3) is 0 Å². The minimum atomic E-state index is -0.551. The molecule has 1 atom stereocenters. The van der Waals surface area contributed by atoms with E-state index in [4.69, 9.17) is 16.3 Å². The molecule has 1 rings (SSSR count). The summed E-state index contributed by atoms with van der Waals surface area (Å²) in [7, 11) is 0. The molecule has 5 nitrogen and oxygen atoms in total. The van der Waals surface area contributed by atoms with Gasteiger partial charge in [0.2, 0.25) is 5.91 Å². The van der Waals surface area contributed by atoms with E-state index in [-0.39, 0.29) is 17.8 Å². The van der Waals surface area contributed by atoms with Crippen LogP contribution in [0.1, 0.15) is 39.3 Å². The number of nitrogens with zero attached hydrogens (tertiary/aromatic N) is 1. The van der Waals surface area contributed by atoms with E-state index in [2.05, 4.69) is 27.9 Å². The molecule has 1 N–H and O–H groups in total. The van der Waals surface area contributed by atoms with E-state index in [1.807, 2.05) is 31.2 Å². The van der Waals surface area contributed by atoms with Crippen molar-refractivity contribution in [1.29, 1.82) is 0 Å². The van der Waals surface area contributed by atoms with Crippen LogP contribution in [-0.4, -0.2) is 41.5 Å². The molecular weight excluding hydrogens is 443 g/mol. The van der Waals surface area contributed by atoms with Gasteiger partial charge in [0.25, 0.3) is 0 Å². The molecule has 0 aliphatic rings. The molecule has 0 aliphatic heterocycles. The van der Waals surface area contributed by atoms with Crippen molar-refractivity contribution >= 4 is 46.2 Å². The maximum atomic E-state index is 12.1. The second kappa shape index (κ2) is 9.46. The Balaban J connectivity index is 2.67. The fourth-order valence-corrected chi connectivity index (χ4v) is 2.64. The predicted molar refractivity (Wildman–Crippen MR) is 104 cm³/mol. The molecule has 0 spiro atoms. The number of rotatable bonds is 6. The van der Waals surface area contributed by atoms with Crippen molar-refractivity contribution in [3.05, 3.63) is 33.4 Å². The molecule has 0 saturated heterocycles. The van der Waals surface area contributed by atoms with E-state index >= 15 is 0 Å². The molecule has 1 aromatic rings. The van der Waals surface area contributed by atoms with Gasteiger partial charge in [0.1, 0.15) is 11.5 Å². The summed E-state index contributed by atoms with van der Waals surface area (Å²) < 4.78 is 6.31. The first kappa shape index (κ1) is 21.0. The van der Waals surface area contributed by atoms with E-state index in [1.165, 1.54) is 0 Å². The minimum absolute atomic E-state index is 0.0961. The lowest BCUT2D eigenvalue weighted by atomic mass is 10.1. The number of carbonyl (C=O) groups excluding carboxylic acids is 2. The van der Waals surface area contributed by atoms with Crippen molar-refractivity contribution in [2.75, 3.05) is 19.0 Å². The molecule has 1 unspecified atom stereocenters. The van der Waals surface area contributed by atoms with Gasteiger partial charge in [0.05, 0.1) is 6.04 Å². The van der Waals surface area contributed by atoms with Gasteiger partial charge in [0.15, 0.2) is 0 Å². The first-order chi connectivity index (χ1) is 11.1. The molecule has 0 bridgehead atoms. The highest BCUT2D eigenvalue weighted by Crippen LogP contribution is 2.21. The Hall–Kier alpha value is -1.02. The molecule has 0 aliphatic carbocycles. The Morgan fingerprint density at radius 2 is 1.88 bits per heavy atom. The largest absolute Gasteiger partial charge is 0.444 e. The zero-order chi connectivity index (χ0) is 18.3. The zero-order valence-corrected chi connectivity index (χ0v) is 17.3. The lowest BCUT2D eigenvalue weighted by Crippen LogP contribution is -2.41. The SMILES string of the molecule is CC(c1ccc(I)cc1)N(CCNC(=O)OC(C)(C)C)C(=O)CCl. The van der Waals surface area contributed by atoms with Crippen molar-refractivity contribution in [2.24, 2.45) is 0 Å². The van der Waals surface area contributed by atoms with Crippen LogP contribution < -0.4 is 5.32 Å². The first-order valence-electron chi connectivity index (χ1n) is 7.72. The Bertz CT molecular complexity index is 558. The van der Waals surface area contributed by atoms with Gasteiger partial charge in [0, 0.05) is 16.7 Å². The quantitative estimate of drug-likeness (QED) is 0.510. The van der Waals surface area contributed by atoms with E-state index in [0.29, 0.717) is 13.1 Å². The number of alkyl carbamates (subject to hydrolysis) is 1. The summed E-state index contributed by atoms with van der Waals surface area (Å²) in [6, 6.07) is 7.84. The maximum Gasteiger partial charge on any atom is 0.407 e. The van der Waals surface area contributed by atoms with E-state index in [0.717, 1.165) is 9.13 Å². The van der Waals surface area contributed by atoms with Crippen LogP contribution in [0, 0.1) is 3.57 Å². The molecule has 0 fully saturated rings. The van der Waals surface area contributed by atoms with Gasteiger partial charge in [-0.05, 0) is 68.0 Å². The summed E-state index contributed by atoms with van der Waals surface area (Å²) in [5, 5.41) is 2.66. The Morgan fingerprint density at radius 1 is 1.29 bits per heavy atom. The highest BCUT2D eigenvalue weighted by Gasteiger charge is 2.21. The van der Waals surface area contributed by atoms with Crippen LogP contribution in [0.5, 0.6) is 0 Å². The number of nitrogens with one attached hydrogen (secondary N) is 1. The maximum absolute atomic E-state index is 12.1. The highest BCUT2D eigenvalue weighted by atomic mass is 127. The zero-order valence-electron chi connectivity index (χ0n) is 14.4. The van der Waals surface area contributed by atoms with Gasteiger partial charge in [-0.15, -0.1) is 11.6 Å². The minimum Gasteiger partial charge on any atom is -0.444 e. The van der Waals surface area contributed by atoms with Crippen molar-refractivity contribution in [1.82, 2.24) is 10.2 Å². The number of hydrogen-bond donors (Lipinski definition) is 1. The summed E-state index contributed by atoms with van der Waals surface area (Å²) in [5.41, 5.74) is 0.468. The molecule has 0 aromatic heterocycles. The van der Waals surface area contributed by atoms with E-state index in [1.54, 1.807) is 25.7 Å². The summed E-state index contributed by atoms with van der Waals surface area (Å²) in [6.45, 7) is 8.00. The van der Waals surface area contributed by atoms with Crippen molar-refractivity contribution in [2.45, 2.75) is 39.3 Å². The van der Waals surface area contributed by atoms with Crippen LogP contribution in [0.15, 0.2) is 24.3 Å². The number of benzene rings is 1. The summed E-state index contributed by atoms with van der Waals surface area (Å²) in [4.78, 5) is 25.5. The molecule has 24 heavy (non-hydrogen) atoms. The number of carbonyl (C=O) groups is 2. The normalized spacial score (nSPS) is 12.4. The van der Waals surface area contributed by atoms with Gasteiger partial charge in [-0.3, -0.25) is 4.79 Å². The number of halogens is 2. The van der Waals surface area contributed by atoms with Crippen molar-refractivity contribution in [3.8, 4) is 0 Å². The Labute approximate surface area is 162 Å². The van der Waals surface area contributed by atoms with Crippen LogP contribution >= 0.6 is 34.2 Å². The smallest absolute Gasteiger partial charge is 0.407 e. The fraction of sp³-hybridized carbons (Fsp3) is 0.529. The molecule has 0 radical (unpaired) electrons. The molecule has 134 valence electrons. The summed E-state index contributed by atoms with van der Waals surface area (Å²) in [6.07, 6.45) is -0.498. The van der Waals surface area contributed by atoms with Crippen LogP contribution in [0.4, 0.5) is 4.79 Å². The highest BCUT2D eigenvalue weighted by molar-refractivity contribution is 14.1. The average Bonchev–Trinajstić information content (AvgIpc) is 2.49. The third-order valence-corrected chi connectivity index (χ3v) is 4.22. The van der Waals surface area contributed by atoms with Crippen molar-refractivity contribution < 1.29 is 14.3 Å². The number of amides is 2. The van der Waals surface area contributed by atoms with Gasteiger partial charge < -0.3 is 15.0 Å². The molecule has 0 heterocycles.